The lowest BCUT2D eigenvalue weighted by Crippen LogP contribution is -2.30. The second-order valence-corrected chi connectivity index (χ2v) is 8.96. The van der Waals surface area contributed by atoms with Gasteiger partial charge in [0.2, 0.25) is 5.76 Å². The van der Waals surface area contributed by atoms with Crippen LogP contribution < -0.4 is 20.1 Å². The summed E-state index contributed by atoms with van der Waals surface area (Å²) in [6.45, 7) is 1.68. The van der Waals surface area contributed by atoms with E-state index >= 15 is 0 Å². The quantitative estimate of drug-likeness (QED) is 0.200. The molecule has 0 spiro atoms. The van der Waals surface area contributed by atoms with Crippen LogP contribution in [0.2, 0.25) is 0 Å². The number of halogens is 1. The van der Waals surface area contributed by atoms with Crippen molar-refractivity contribution < 1.29 is 37.8 Å². The SMILES string of the molecule is CCOc1cc(/C=C2\NC(=O)N(Cc3ccc(C(=O)OC)o3)C2=O)cc(Br)c1OCC(=O)Nc1ccccc1. The van der Waals surface area contributed by atoms with Gasteiger partial charge in [0.15, 0.2) is 18.1 Å². The Labute approximate surface area is 231 Å². The molecule has 0 saturated carbocycles. The molecule has 0 bridgehead atoms. The number of furan rings is 1. The van der Waals surface area contributed by atoms with E-state index in [1.807, 2.05) is 18.2 Å². The smallest absolute Gasteiger partial charge is 0.373 e. The standard InChI is InChI=1S/C27H24BrN3O8/c1-3-37-22-13-16(11-19(28)24(22)38-15-23(32)29-17-7-5-4-6-8-17)12-20-25(33)31(27(35)30-20)14-18-9-10-21(39-18)26(34)36-2/h4-13H,3,14-15H2,1-2H3,(H,29,32)(H,30,35)/b20-12-. The molecule has 3 aromatic rings. The second-order valence-electron chi connectivity index (χ2n) is 8.10. The van der Waals surface area contributed by atoms with Crippen molar-refractivity contribution in [3.05, 3.63) is 81.9 Å². The van der Waals surface area contributed by atoms with Gasteiger partial charge in [-0.1, -0.05) is 18.2 Å². The minimum absolute atomic E-state index is 0.0324. The van der Waals surface area contributed by atoms with Crippen LogP contribution in [0.25, 0.3) is 6.08 Å². The highest BCUT2D eigenvalue weighted by molar-refractivity contribution is 9.10. The predicted molar refractivity (Wildman–Crippen MR) is 143 cm³/mol. The van der Waals surface area contributed by atoms with Crippen LogP contribution in [0.5, 0.6) is 11.5 Å². The summed E-state index contributed by atoms with van der Waals surface area (Å²) >= 11 is 3.44. The fourth-order valence-corrected chi connectivity index (χ4v) is 4.22. The normalized spacial score (nSPS) is 13.8. The minimum atomic E-state index is -0.668. The summed E-state index contributed by atoms with van der Waals surface area (Å²) in [6.07, 6.45) is 1.49. The number of urea groups is 1. The molecule has 0 radical (unpaired) electrons. The molecule has 0 unspecified atom stereocenters. The Kier molecular flexibility index (Phi) is 8.67. The molecule has 11 nitrogen and oxygen atoms in total. The molecule has 39 heavy (non-hydrogen) atoms. The predicted octanol–water partition coefficient (Wildman–Crippen LogP) is 4.34. The van der Waals surface area contributed by atoms with E-state index < -0.39 is 17.9 Å². The molecule has 0 aliphatic carbocycles. The monoisotopic (exact) mass is 597 g/mol. The van der Waals surface area contributed by atoms with E-state index in [1.165, 1.54) is 25.3 Å². The Balaban J connectivity index is 1.48. The lowest BCUT2D eigenvalue weighted by atomic mass is 10.1. The summed E-state index contributed by atoms with van der Waals surface area (Å²) in [4.78, 5) is 50.3. The van der Waals surface area contributed by atoms with E-state index in [0.717, 1.165) is 4.90 Å². The summed E-state index contributed by atoms with van der Waals surface area (Å²) in [5.41, 5.74) is 1.21. The number of anilines is 1. The molecule has 2 heterocycles. The Bertz CT molecular complexity index is 1430. The molecule has 4 amide bonds. The van der Waals surface area contributed by atoms with E-state index in [9.17, 15) is 19.2 Å². The van der Waals surface area contributed by atoms with Crippen LogP contribution >= 0.6 is 15.9 Å². The number of nitrogens with zero attached hydrogens (tertiary/aromatic N) is 1. The highest BCUT2D eigenvalue weighted by Gasteiger charge is 2.34. The molecule has 1 saturated heterocycles. The highest BCUT2D eigenvalue weighted by atomic mass is 79.9. The summed E-state index contributed by atoms with van der Waals surface area (Å²) < 4.78 is 21.9. The molecule has 4 rings (SSSR count). The van der Waals surface area contributed by atoms with Crippen molar-refractivity contribution in [3.8, 4) is 11.5 Å². The maximum absolute atomic E-state index is 12.9. The zero-order valence-electron chi connectivity index (χ0n) is 21.0. The van der Waals surface area contributed by atoms with Gasteiger partial charge in [-0.15, -0.1) is 0 Å². The molecule has 2 aromatic carbocycles. The van der Waals surface area contributed by atoms with Gasteiger partial charge in [0, 0.05) is 5.69 Å². The van der Waals surface area contributed by atoms with E-state index in [4.69, 9.17) is 13.9 Å². The number of ether oxygens (including phenoxy) is 3. The van der Waals surface area contributed by atoms with Crippen molar-refractivity contribution in [2.75, 3.05) is 25.6 Å². The van der Waals surface area contributed by atoms with Gasteiger partial charge in [-0.25, -0.2) is 9.59 Å². The Morgan fingerprint density at radius 1 is 1.10 bits per heavy atom. The maximum Gasteiger partial charge on any atom is 0.373 e. The van der Waals surface area contributed by atoms with Crippen LogP contribution in [0.15, 0.2) is 69.2 Å². The number of amides is 4. The van der Waals surface area contributed by atoms with E-state index in [0.29, 0.717) is 33.8 Å². The fourth-order valence-electron chi connectivity index (χ4n) is 3.64. The van der Waals surface area contributed by atoms with E-state index in [1.54, 1.807) is 31.2 Å². The van der Waals surface area contributed by atoms with Gasteiger partial charge in [-0.3, -0.25) is 14.5 Å². The van der Waals surface area contributed by atoms with Gasteiger partial charge in [0.1, 0.15) is 11.5 Å². The maximum atomic E-state index is 12.9. The van der Waals surface area contributed by atoms with Gasteiger partial charge in [0.25, 0.3) is 11.8 Å². The molecule has 2 N–H and O–H groups in total. The number of esters is 1. The summed E-state index contributed by atoms with van der Waals surface area (Å²) in [5.74, 6) is -0.753. The van der Waals surface area contributed by atoms with Crippen LogP contribution in [0.3, 0.4) is 0 Å². The number of methoxy groups -OCH3 is 1. The number of carbonyl (C=O) groups excluding carboxylic acids is 4. The molecule has 12 heteroatoms. The lowest BCUT2D eigenvalue weighted by Gasteiger charge is -2.15. The first-order chi connectivity index (χ1) is 18.8. The Hall–Kier alpha value is -4.58. The first-order valence-corrected chi connectivity index (χ1v) is 12.5. The second kappa shape index (κ2) is 12.3. The van der Waals surface area contributed by atoms with Crippen molar-refractivity contribution in [3.63, 3.8) is 0 Å². The van der Waals surface area contributed by atoms with Crippen LogP contribution in [0, 0.1) is 0 Å². The van der Waals surface area contributed by atoms with Gasteiger partial charge in [0.05, 0.1) is 24.7 Å². The largest absolute Gasteiger partial charge is 0.490 e. The third-order valence-electron chi connectivity index (χ3n) is 5.37. The first kappa shape index (κ1) is 27.5. The molecular formula is C27H24BrN3O8. The average molecular weight is 598 g/mol. The number of benzene rings is 2. The molecule has 202 valence electrons. The number of imide groups is 1. The van der Waals surface area contributed by atoms with E-state index in [2.05, 4.69) is 31.3 Å². The van der Waals surface area contributed by atoms with E-state index in [-0.39, 0.29) is 36.3 Å². The molecular weight excluding hydrogens is 574 g/mol. The van der Waals surface area contributed by atoms with Crippen molar-refractivity contribution in [2.45, 2.75) is 13.5 Å². The third-order valence-corrected chi connectivity index (χ3v) is 5.96. The summed E-state index contributed by atoms with van der Waals surface area (Å²) in [6, 6.07) is 14.5. The number of hydrogen-bond acceptors (Lipinski definition) is 8. The van der Waals surface area contributed by atoms with Crippen LogP contribution in [0.4, 0.5) is 10.5 Å². The lowest BCUT2D eigenvalue weighted by molar-refractivity contribution is -0.123. The number of hydrogen-bond donors (Lipinski definition) is 2. The molecule has 1 fully saturated rings. The van der Waals surface area contributed by atoms with Crippen molar-refractivity contribution in [1.82, 2.24) is 10.2 Å². The molecule has 1 aliphatic rings. The Morgan fingerprint density at radius 2 is 1.87 bits per heavy atom. The number of nitrogens with one attached hydrogen (secondary N) is 2. The highest BCUT2D eigenvalue weighted by Crippen LogP contribution is 2.37. The van der Waals surface area contributed by atoms with Gasteiger partial charge in [-0.2, -0.15) is 0 Å². The van der Waals surface area contributed by atoms with Crippen molar-refractivity contribution in [1.29, 1.82) is 0 Å². The number of para-hydroxylation sites is 1. The molecule has 1 aliphatic heterocycles. The average Bonchev–Trinajstić information content (AvgIpc) is 3.49. The Morgan fingerprint density at radius 3 is 2.59 bits per heavy atom. The van der Waals surface area contributed by atoms with Crippen LogP contribution in [-0.4, -0.2) is 49.0 Å². The summed E-state index contributed by atoms with van der Waals surface area (Å²) in [5, 5.41) is 5.28. The van der Waals surface area contributed by atoms with Crippen LogP contribution in [0.1, 0.15) is 28.8 Å². The van der Waals surface area contributed by atoms with Crippen molar-refractivity contribution in [2.24, 2.45) is 0 Å². The number of rotatable bonds is 10. The van der Waals surface area contributed by atoms with Gasteiger partial charge < -0.3 is 29.3 Å². The fraction of sp³-hybridized carbons (Fsp3) is 0.185. The van der Waals surface area contributed by atoms with Crippen molar-refractivity contribution >= 4 is 51.5 Å². The zero-order chi connectivity index (χ0) is 27.9. The van der Waals surface area contributed by atoms with Gasteiger partial charge in [-0.05, 0) is 70.9 Å². The van der Waals surface area contributed by atoms with Gasteiger partial charge >= 0.3 is 12.0 Å². The molecule has 0 atom stereocenters. The zero-order valence-corrected chi connectivity index (χ0v) is 22.6. The third kappa shape index (κ3) is 6.65. The molecule has 1 aromatic heterocycles. The minimum Gasteiger partial charge on any atom is -0.490 e. The number of carbonyl (C=O) groups is 4. The summed E-state index contributed by atoms with van der Waals surface area (Å²) in [7, 11) is 1.22. The topological polar surface area (TPSA) is 136 Å². The first-order valence-electron chi connectivity index (χ1n) is 11.7. The van der Waals surface area contributed by atoms with Crippen LogP contribution in [-0.2, 0) is 20.9 Å².